The van der Waals surface area contributed by atoms with Gasteiger partial charge in [-0.3, -0.25) is 0 Å². The summed E-state index contributed by atoms with van der Waals surface area (Å²) in [6, 6.07) is 1.55. The van der Waals surface area contributed by atoms with Crippen molar-refractivity contribution in [2.24, 2.45) is 0 Å². The molecule has 0 fully saturated rings. The van der Waals surface area contributed by atoms with Crippen molar-refractivity contribution < 1.29 is 14.3 Å². The fourth-order valence-corrected chi connectivity index (χ4v) is 1.78. The maximum atomic E-state index is 10.7. The Morgan fingerprint density at radius 1 is 1.44 bits per heavy atom. The van der Waals surface area contributed by atoms with Gasteiger partial charge < -0.3 is 19.7 Å². The quantitative estimate of drug-likeness (QED) is 0.658. The number of likely N-dealkylation sites (N-methyl/N-ethyl adjacent to an activating group) is 1. The van der Waals surface area contributed by atoms with E-state index in [0.29, 0.717) is 12.3 Å². The van der Waals surface area contributed by atoms with E-state index in [0.717, 1.165) is 32.6 Å². The van der Waals surface area contributed by atoms with E-state index >= 15 is 0 Å². The lowest BCUT2D eigenvalue weighted by molar-refractivity contribution is 0.0696. The molecule has 5 heteroatoms. The van der Waals surface area contributed by atoms with Gasteiger partial charge in [-0.15, -0.1) is 0 Å². The summed E-state index contributed by atoms with van der Waals surface area (Å²) in [6.07, 6.45) is 2.43. The van der Waals surface area contributed by atoms with Crippen LogP contribution in [0.4, 0.5) is 0 Å². The lowest BCUT2D eigenvalue weighted by Gasteiger charge is -2.19. The third-order valence-corrected chi connectivity index (χ3v) is 2.79. The number of carbonyl (C=O) groups is 1. The molecule has 0 radical (unpaired) electrons. The van der Waals surface area contributed by atoms with E-state index in [2.05, 4.69) is 24.1 Å². The highest BCUT2D eigenvalue weighted by atomic mass is 16.4. The van der Waals surface area contributed by atoms with Crippen molar-refractivity contribution in [3.8, 4) is 0 Å². The van der Waals surface area contributed by atoms with Gasteiger partial charge in [0.15, 0.2) is 0 Å². The summed E-state index contributed by atoms with van der Waals surface area (Å²) in [5.74, 6) is -0.295. The SMILES string of the molecule is CCCN(CC)CCNCc1cc(C(=O)O)co1. The summed E-state index contributed by atoms with van der Waals surface area (Å²) >= 11 is 0. The van der Waals surface area contributed by atoms with Gasteiger partial charge in [0.2, 0.25) is 0 Å². The molecule has 0 amide bonds. The lowest BCUT2D eigenvalue weighted by atomic mass is 10.3. The van der Waals surface area contributed by atoms with E-state index in [1.54, 1.807) is 6.07 Å². The summed E-state index contributed by atoms with van der Waals surface area (Å²) in [4.78, 5) is 13.0. The zero-order valence-electron chi connectivity index (χ0n) is 11.1. The smallest absolute Gasteiger partial charge is 0.338 e. The highest BCUT2D eigenvalue weighted by molar-refractivity contribution is 5.87. The standard InChI is InChI=1S/C13H22N2O3/c1-3-6-15(4-2)7-5-14-9-12-8-11(10-18-12)13(16)17/h8,10,14H,3-7,9H2,1-2H3,(H,16,17). The normalized spacial score (nSPS) is 11.1. The van der Waals surface area contributed by atoms with Crippen LogP contribution in [-0.4, -0.2) is 42.2 Å². The molecule has 1 aromatic heterocycles. The fourth-order valence-electron chi connectivity index (χ4n) is 1.78. The van der Waals surface area contributed by atoms with E-state index in [4.69, 9.17) is 9.52 Å². The molecule has 5 nitrogen and oxygen atoms in total. The van der Waals surface area contributed by atoms with Gasteiger partial charge in [-0.1, -0.05) is 13.8 Å². The number of rotatable bonds is 9. The second kappa shape index (κ2) is 7.89. The highest BCUT2D eigenvalue weighted by Gasteiger charge is 2.07. The summed E-state index contributed by atoms with van der Waals surface area (Å²) in [5.41, 5.74) is 0.202. The van der Waals surface area contributed by atoms with Crippen LogP contribution in [0, 0.1) is 0 Å². The third-order valence-electron chi connectivity index (χ3n) is 2.79. The Labute approximate surface area is 108 Å². The average molecular weight is 254 g/mol. The van der Waals surface area contributed by atoms with Crippen molar-refractivity contribution >= 4 is 5.97 Å². The van der Waals surface area contributed by atoms with E-state index in [1.165, 1.54) is 6.26 Å². The van der Waals surface area contributed by atoms with Gasteiger partial charge in [-0.05, 0) is 25.6 Å². The number of nitrogens with one attached hydrogen (secondary N) is 1. The highest BCUT2D eigenvalue weighted by Crippen LogP contribution is 2.07. The van der Waals surface area contributed by atoms with Crippen LogP contribution in [0.25, 0.3) is 0 Å². The van der Waals surface area contributed by atoms with Crippen LogP contribution < -0.4 is 5.32 Å². The van der Waals surface area contributed by atoms with Crippen LogP contribution in [0.1, 0.15) is 36.4 Å². The molecule has 0 bridgehead atoms. The predicted molar refractivity (Wildman–Crippen MR) is 69.8 cm³/mol. The van der Waals surface area contributed by atoms with Gasteiger partial charge >= 0.3 is 5.97 Å². The Bertz CT molecular complexity index is 363. The number of hydrogen-bond acceptors (Lipinski definition) is 4. The van der Waals surface area contributed by atoms with Gasteiger partial charge in [-0.2, -0.15) is 0 Å². The van der Waals surface area contributed by atoms with Crippen LogP contribution in [0.3, 0.4) is 0 Å². The third kappa shape index (κ3) is 4.89. The van der Waals surface area contributed by atoms with E-state index in [-0.39, 0.29) is 5.56 Å². The molecule has 0 saturated heterocycles. The minimum absolute atomic E-state index is 0.202. The number of carboxylic acids is 1. The second-order valence-electron chi connectivity index (χ2n) is 4.22. The first-order valence-corrected chi connectivity index (χ1v) is 6.41. The van der Waals surface area contributed by atoms with Crippen molar-refractivity contribution in [3.63, 3.8) is 0 Å². The van der Waals surface area contributed by atoms with Gasteiger partial charge in [0.05, 0.1) is 12.1 Å². The van der Waals surface area contributed by atoms with Crippen molar-refractivity contribution in [2.45, 2.75) is 26.8 Å². The van der Waals surface area contributed by atoms with E-state index in [9.17, 15) is 4.79 Å². The fraction of sp³-hybridized carbons (Fsp3) is 0.615. The maximum absolute atomic E-state index is 10.7. The number of hydrogen-bond donors (Lipinski definition) is 2. The van der Waals surface area contributed by atoms with Gasteiger partial charge in [0, 0.05) is 13.1 Å². The molecular weight excluding hydrogens is 232 g/mol. The van der Waals surface area contributed by atoms with Crippen LogP contribution in [0.15, 0.2) is 16.7 Å². The molecule has 0 atom stereocenters. The Balaban J connectivity index is 2.22. The summed E-state index contributed by atoms with van der Waals surface area (Å²) in [6.45, 7) is 8.93. The minimum Gasteiger partial charge on any atom is -0.478 e. The predicted octanol–water partition coefficient (Wildman–Crippen LogP) is 1.80. The first-order chi connectivity index (χ1) is 8.67. The van der Waals surface area contributed by atoms with Crippen molar-refractivity contribution in [3.05, 3.63) is 23.7 Å². The number of nitrogens with zero attached hydrogens (tertiary/aromatic N) is 1. The summed E-state index contributed by atoms with van der Waals surface area (Å²) in [5, 5.41) is 12.0. The van der Waals surface area contributed by atoms with Crippen LogP contribution in [-0.2, 0) is 6.54 Å². The van der Waals surface area contributed by atoms with Crippen LogP contribution in [0.2, 0.25) is 0 Å². The molecular formula is C13H22N2O3. The van der Waals surface area contributed by atoms with Gasteiger partial charge in [-0.25, -0.2) is 4.79 Å². The topological polar surface area (TPSA) is 65.7 Å². The molecule has 0 unspecified atom stereocenters. The van der Waals surface area contributed by atoms with Crippen LogP contribution in [0.5, 0.6) is 0 Å². The first-order valence-electron chi connectivity index (χ1n) is 6.41. The number of carboxylic acid groups (broad SMARTS) is 1. The summed E-state index contributed by atoms with van der Waals surface area (Å²) in [7, 11) is 0. The minimum atomic E-state index is -0.954. The molecule has 2 N–H and O–H groups in total. The monoisotopic (exact) mass is 254 g/mol. The molecule has 0 aliphatic rings. The molecule has 0 aliphatic carbocycles. The Hall–Kier alpha value is -1.33. The number of aromatic carboxylic acids is 1. The molecule has 102 valence electrons. The molecule has 1 aromatic rings. The second-order valence-corrected chi connectivity index (χ2v) is 4.22. The molecule has 0 saturated carbocycles. The molecule has 1 rings (SSSR count). The average Bonchev–Trinajstić information content (AvgIpc) is 2.82. The van der Waals surface area contributed by atoms with E-state index < -0.39 is 5.97 Å². The molecule has 18 heavy (non-hydrogen) atoms. The zero-order valence-corrected chi connectivity index (χ0v) is 11.1. The van der Waals surface area contributed by atoms with Crippen molar-refractivity contribution in [1.82, 2.24) is 10.2 Å². The number of furan rings is 1. The molecule has 0 aromatic carbocycles. The lowest BCUT2D eigenvalue weighted by Crippen LogP contribution is -2.32. The van der Waals surface area contributed by atoms with Crippen molar-refractivity contribution in [1.29, 1.82) is 0 Å². The molecule has 0 spiro atoms. The zero-order chi connectivity index (χ0) is 13.4. The first kappa shape index (κ1) is 14.7. The molecule has 1 heterocycles. The van der Waals surface area contributed by atoms with Crippen LogP contribution >= 0.6 is 0 Å². The summed E-state index contributed by atoms with van der Waals surface area (Å²) < 4.78 is 5.15. The van der Waals surface area contributed by atoms with Crippen molar-refractivity contribution in [2.75, 3.05) is 26.2 Å². The molecule has 0 aliphatic heterocycles. The Kier molecular flexibility index (Phi) is 6.46. The van der Waals surface area contributed by atoms with E-state index in [1.807, 2.05) is 0 Å². The maximum Gasteiger partial charge on any atom is 0.338 e. The Morgan fingerprint density at radius 2 is 2.22 bits per heavy atom. The largest absolute Gasteiger partial charge is 0.478 e. The Morgan fingerprint density at radius 3 is 2.78 bits per heavy atom. The van der Waals surface area contributed by atoms with Gasteiger partial charge in [0.25, 0.3) is 0 Å². The van der Waals surface area contributed by atoms with Gasteiger partial charge in [0.1, 0.15) is 12.0 Å².